The van der Waals surface area contributed by atoms with Gasteiger partial charge in [0.15, 0.2) is 0 Å². The van der Waals surface area contributed by atoms with Crippen molar-refractivity contribution in [2.45, 2.75) is 6.10 Å². The molecule has 0 amide bonds. The van der Waals surface area contributed by atoms with Gasteiger partial charge in [-0.1, -0.05) is 28.6 Å². The van der Waals surface area contributed by atoms with Crippen molar-refractivity contribution < 1.29 is 13.9 Å². The number of rotatable bonds is 5. The Morgan fingerprint density at radius 1 is 1.50 bits per heavy atom. The van der Waals surface area contributed by atoms with Gasteiger partial charge in [0.25, 0.3) is 0 Å². The van der Waals surface area contributed by atoms with E-state index in [1.165, 1.54) is 6.07 Å². The van der Waals surface area contributed by atoms with Crippen molar-refractivity contribution in [3.05, 3.63) is 46.5 Å². The van der Waals surface area contributed by atoms with Crippen molar-refractivity contribution in [2.24, 2.45) is 0 Å². The summed E-state index contributed by atoms with van der Waals surface area (Å²) in [6.45, 7) is 4.25. The Morgan fingerprint density at radius 3 is 2.75 bits per heavy atom. The summed E-state index contributed by atoms with van der Waals surface area (Å²) in [4.78, 5) is 0. The first-order valence-corrected chi connectivity index (χ1v) is 5.47. The number of hydrogen-bond donors (Lipinski definition) is 2. The normalized spacial score (nSPS) is 12.5. The van der Waals surface area contributed by atoms with Gasteiger partial charge in [0.05, 0.1) is 6.10 Å². The second-order valence-corrected chi connectivity index (χ2v) is 4.45. The maximum atomic E-state index is 13.2. The molecule has 88 valence electrons. The van der Waals surface area contributed by atoms with E-state index in [1.54, 1.807) is 0 Å². The van der Waals surface area contributed by atoms with Crippen molar-refractivity contribution in [3.63, 3.8) is 0 Å². The molecular weight excluding hydrogens is 280 g/mol. The van der Waals surface area contributed by atoms with Crippen molar-refractivity contribution >= 4 is 15.9 Å². The maximum Gasteiger partial charge on any atom is 0.131 e. The molecule has 1 unspecified atom stereocenters. The van der Waals surface area contributed by atoms with E-state index in [9.17, 15) is 13.9 Å². The van der Waals surface area contributed by atoms with Gasteiger partial charge in [-0.25, -0.2) is 8.78 Å². The van der Waals surface area contributed by atoms with Crippen LogP contribution in [0.15, 0.2) is 29.3 Å². The minimum atomic E-state index is -1.01. The molecule has 0 aromatic heterocycles. The topological polar surface area (TPSA) is 32.3 Å². The van der Waals surface area contributed by atoms with Gasteiger partial charge in [0.1, 0.15) is 11.6 Å². The zero-order valence-corrected chi connectivity index (χ0v) is 10.1. The van der Waals surface area contributed by atoms with Gasteiger partial charge in [0.2, 0.25) is 0 Å². The summed E-state index contributed by atoms with van der Waals surface area (Å²) in [5, 5.41) is 12.5. The Morgan fingerprint density at radius 2 is 2.19 bits per heavy atom. The molecule has 0 saturated heterocycles. The second-order valence-electron chi connectivity index (χ2n) is 3.33. The maximum absolute atomic E-state index is 13.2. The molecule has 0 aliphatic heterocycles. The van der Waals surface area contributed by atoms with E-state index in [1.807, 2.05) is 0 Å². The zero-order chi connectivity index (χ0) is 12.1. The summed E-state index contributed by atoms with van der Waals surface area (Å²) in [6.07, 6.45) is -1.01. The first kappa shape index (κ1) is 13.3. The SMILES string of the molecule is C=C(Br)CNCC(O)c1ccc(F)cc1F. The van der Waals surface area contributed by atoms with Gasteiger partial charge in [-0.05, 0) is 6.07 Å². The lowest BCUT2D eigenvalue weighted by Crippen LogP contribution is -2.23. The van der Waals surface area contributed by atoms with Crippen molar-refractivity contribution in [3.8, 4) is 0 Å². The minimum Gasteiger partial charge on any atom is -0.387 e. The third-order valence-corrected chi connectivity index (χ3v) is 2.26. The molecule has 0 aliphatic carbocycles. The highest BCUT2D eigenvalue weighted by Crippen LogP contribution is 2.17. The zero-order valence-electron chi connectivity index (χ0n) is 8.51. The Kier molecular flexibility index (Phi) is 5.05. The average molecular weight is 292 g/mol. The van der Waals surface area contributed by atoms with Crippen molar-refractivity contribution in [1.29, 1.82) is 0 Å². The van der Waals surface area contributed by atoms with E-state index in [4.69, 9.17) is 0 Å². The van der Waals surface area contributed by atoms with E-state index in [-0.39, 0.29) is 12.1 Å². The van der Waals surface area contributed by atoms with Crippen molar-refractivity contribution in [1.82, 2.24) is 5.32 Å². The van der Waals surface area contributed by atoms with Crippen molar-refractivity contribution in [2.75, 3.05) is 13.1 Å². The first-order valence-electron chi connectivity index (χ1n) is 4.67. The molecule has 1 atom stereocenters. The fourth-order valence-corrected chi connectivity index (χ4v) is 1.42. The molecule has 5 heteroatoms. The van der Waals surface area contributed by atoms with Crippen LogP contribution in [-0.2, 0) is 0 Å². The van der Waals surface area contributed by atoms with Gasteiger partial charge in [-0.2, -0.15) is 0 Å². The quantitative estimate of drug-likeness (QED) is 0.874. The fourth-order valence-electron chi connectivity index (χ4n) is 1.23. The first-order chi connectivity index (χ1) is 7.50. The van der Waals surface area contributed by atoms with Crippen LogP contribution in [0.2, 0.25) is 0 Å². The lowest BCUT2D eigenvalue weighted by atomic mass is 10.1. The van der Waals surface area contributed by atoms with Gasteiger partial charge in [-0.15, -0.1) is 0 Å². The van der Waals surface area contributed by atoms with Crippen LogP contribution in [0.4, 0.5) is 8.78 Å². The predicted octanol–water partition coefficient (Wildman–Crippen LogP) is 2.50. The third kappa shape index (κ3) is 4.00. The van der Waals surface area contributed by atoms with E-state index in [2.05, 4.69) is 27.8 Å². The summed E-state index contributed by atoms with van der Waals surface area (Å²) in [7, 11) is 0. The third-order valence-electron chi connectivity index (χ3n) is 1.98. The number of halogens is 3. The van der Waals surface area contributed by atoms with Gasteiger partial charge < -0.3 is 10.4 Å². The Labute approximate surface area is 101 Å². The van der Waals surface area contributed by atoms with Crippen LogP contribution in [0.5, 0.6) is 0 Å². The number of hydrogen-bond acceptors (Lipinski definition) is 2. The lowest BCUT2D eigenvalue weighted by Gasteiger charge is -2.12. The molecule has 0 bridgehead atoms. The Bertz CT molecular complexity index is 384. The summed E-state index contributed by atoms with van der Waals surface area (Å²) >= 11 is 3.14. The molecule has 2 nitrogen and oxygen atoms in total. The summed E-state index contributed by atoms with van der Waals surface area (Å²) in [6, 6.07) is 3.10. The molecule has 0 heterocycles. The average Bonchev–Trinajstić information content (AvgIpc) is 2.16. The van der Waals surface area contributed by atoms with Gasteiger partial charge in [-0.3, -0.25) is 0 Å². The largest absolute Gasteiger partial charge is 0.387 e. The highest BCUT2D eigenvalue weighted by Gasteiger charge is 2.12. The molecule has 1 rings (SSSR count). The molecule has 2 N–H and O–H groups in total. The fraction of sp³-hybridized carbons (Fsp3) is 0.273. The second kappa shape index (κ2) is 6.08. The van der Waals surface area contributed by atoms with Crippen LogP contribution in [0.1, 0.15) is 11.7 Å². The monoisotopic (exact) mass is 291 g/mol. The number of benzene rings is 1. The van der Waals surface area contributed by atoms with Crippen LogP contribution in [-0.4, -0.2) is 18.2 Å². The summed E-state index contributed by atoms with van der Waals surface area (Å²) < 4.78 is 26.6. The van der Waals surface area contributed by atoms with E-state index >= 15 is 0 Å². The standard InChI is InChI=1S/C11H12BrF2NO/c1-7(12)5-15-6-11(16)9-3-2-8(13)4-10(9)14/h2-4,11,15-16H,1,5-6H2. The number of nitrogens with one attached hydrogen (secondary N) is 1. The molecular formula is C11H12BrF2NO. The highest BCUT2D eigenvalue weighted by atomic mass is 79.9. The molecule has 0 spiro atoms. The summed E-state index contributed by atoms with van der Waals surface area (Å²) in [5.74, 6) is -1.40. The smallest absolute Gasteiger partial charge is 0.131 e. The molecule has 1 aromatic carbocycles. The summed E-state index contributed by atoms with van der Waals surface area (Å²) in [5.41, 5.74) is 0.0779. The predicted molar refractivity (Wildman–Crippen MR) is 62.3 cm³/mol. The van der Waals surface area contributed by atoms with Crippen LogP contribution in [0.3, 0.4) is 0 Å². The molecule has 16 heavy (non-hydrogen) atoms. The van der Waals surface area contributed by atoms with E-state index < -0.39 is 17.7 Å². The van der Waals surface area contributed by atoms with E-state index in [0.29, 0.717) is 6.54 Å². The number of aliphatic hydroxyl groups excluding tert-OH is 1. The molecule has 0 fully saturated rings. The lowest BCUT2D eigenvalue weighted by molar-refractivity contribution is 0.171. The Hall–Kier alpha value is -0.780. The molecule has 0 radical (unpaired) electrons. The van der Waals surface area contributed by atoms with Crippen LogP contribution in [0, 0.1) is 11.6 Å². The molecule has 0 saturated carbocycles. The van der Waals surface area contributed by atoms with E-state index in [0.717, 1.165) is 16.6 Å². The minimum absolute atomic E-state index is 0.0779. The number of aliphatic hydroxyl groups is 1. The van der Waals surface area contributed by atoms with Crippen LogP contribution >= 0.6 is 15.9 Å². The highest BCUT2D eigenvalue weighted by molar-refractivity contribution is 9.11. The van der Waals surface area contributed by atoms with Gasteiger partial charge >= 0.3 is 0 Å². The van der Waals surface area contributed by atoms with Crippen LogP contribution in [0.25, 0.3) is 0 Å². The molecule has 1 aromatic rings. The van der Waals surface area contributed by atoms with Crippen LogP contribution < -0.4 is 5.32 Å². The Balaban J connectivity index is 2.58. The molecule has 0 aliphatic rings. The van der Waals surface area contributed by atoms with Gasteiger partial charge in [0, 0.05) is 29.2 Å².